The molecule has 0 unspecified atom stereocenters. The fourth-order valence-electron chi connectivity index (χ4n) is 5.12. The quantitative estimate of drug-likeness (QED) is 0.400. The highest BCUT2D eigenvalue weighted by Gasteiger charge is 2.24. The highest BCUT2D eigenvalue weighted by atomic mass is 15.3. The van der Waals surface area contributed by atoms with Gasteiger partial charge in [-0.2, -0.15) is 5.10 Å². The lowest BCUT2D eigenvalue weighted by molar-refractivity contribution is 0.240. The third-order valence-corrected chi connectivity index (χ3v) is 7.04. The Morgan fingerprint density at radius 3 is 2.17 bits per heavy atom. The molecule has 0 N–H and O–H groups in total. The molecule has 1 saturated carbocycles. The molecule has 2 nitrogen and oxygen atoms in total. The lowest BCUT2D eigenvalue weighted by Gasteiger charge is -2.28. The number of hydrogen-bond acceptors (Lipinski definition) is 1. The molecule has 1 aliphatic carbocycles. The van der Waals surface area contributed by atoms with Gasteiger partial charge in [0.2, 0.25) is 0 Å². The Kier molecular flexibility index (Phi) is 6.72. The van der Waals surface area contributed by atoms with Crippen molar-refractivity contribution in [3.63, 3.8) is 0 Å². The van der Waals surface area contributed by atoms with Crippen LogP contribution in [0.3, 0.4) is 0 Å². The van der Waals surface area contributed by atoms with Gasteiger partial charge in [0.05, 0.1) is 0 Å². The predicted molar refractivity (Wildman–Crippen MR) is 128 cm³/mol. The van der Waals surface area contributed by atoms with Crippen molar-refractivity contribution in [2.24, 2.45) is 11.8 Å². The zero-order chi connectivity index (χ0) is 20.9. The molecule has 1 aliphatic rings. The molecule has 0 aliphatic heterocycles. The summed E-state index contributed by atoms with van der Waals surface area (Å²) in [5.74, 6) is 1.70. The van der Waals surface area contributed by atoms with Crippen molar-refractivity contribution in [3.05, 3.63) is 65.9 Å². The van der Waals surface area contributed by atoms with E-state index in [2.05, 4.69) is 80.1 Å². The fourth-order valence-corrected chi connectivity index (χ4v) is 5.12. The zero-order valence-corrected chi connectivity index (χ0v) is 18.9. The van der Waals surface area contributed by atoms with E-state index in [0.717, 1.165) is 36.9 Å². The van der Waals surface area contributed by atoms with E-state index in [4.69, 9.17) is 5.10 Å². The highest BCUT2D eigenvalue weighted by molar-refractivity contribution is 5.83. The average Bonchev–Trinajstić information content (AvgIpc) is 3.18. The van der Waals surface area contributed by atoms with Crippen LogP contribution in [-0.2, 0) is 19.4 Å². The topological polar surface area (TPSA) is 17.8 Å². The number of aromatic nitrogens is 2. The Morgan fingerprint density at radius 1 is 0.800 bits per heavy atom. The van der Waals surface area contributed by atoms with Crippen molar-refractivity contribution in [2.75, 3.05) is 0 Å². The maximum atomic E-state index is 5.23. The molecule has 4 rings (SSSR count). The first-order chi connectivity index (χ1) is 14.7. The van der Waals surface area contributed by atoms with Crippen molar-refractivity contribution >= 4 is 0 Å². The largest absolute Gasteiger partial charge is 0.268 e. The lowest BCUT2D eigenvalue weighted by atomic mass is 9.81. The summed E-state index contributed by atoms with van der Waals surface area (Å²) in [6, 6.07) is 19.8. The van der Waals surface area contributed by atoms with Gasteiger partial charge in [0.25, 0.3) is 0 Å². The van der Waals surface area contributed by atoms with Crippen LogP contribution >= 0.6 is 0 Å². The molecule has 0 bridgehead atoms. The first kappa shape index (κ1) is 20.9. The number of benzene rings is 2. The van der Waals surface area contributed by atoms with Crippen molar-refractivity contribution in [3.8, 4) is 22.4 Å². The molecule has 1 heterocycles. The van der Waals surface area contributed by atoms with Crippen LogP contribution in [0.25, 0.3) is 22.4 Å². The van der Waals surface area contributed by atoms with Gasteiger partial charge in [0, 0.05) is 23.4 Å². The number of aryl methyl sites for hydroxylation is 1. The van der Waals surface area contributed by atoms with Crippen LogP contribution in [0.15, 0.2) is 54.6 Å². The number of nitrogens with zero attached hydrogens (tertiary/aromatic N) is 2. The molecular weight excluding hydrogens is 364 g/mol. The molecular formula is C28H36N2. The summed E-state index contributed by atoms with van der Waals surface area (Å²) in [4.78, 5) is 0. The van der Waals surface area contributed by atoms with Crippen LogP contribution in [0, 0.1) is 11.8 Å². The summed E-state index contributed by atoms with van der Waals surface area (Å²) in [6.45, 7) is 7.92. The smallest absolute Gasteiger partial charge is 0.100 e. The molecule has 0 atom stereocenters. The molecule has 0 saturated heterocycles. The minimum atomic E-state index is 0.761. The van der Waals surface area contributed by atoms with Gasteiger partial charge < -0.3 is 0 Å². The molecule has 30 heavy (non-hydrogen) atoms. The van der Waals surface area contributed by atoms with Crippen molar-refractivity contribution in [1.82, 2.24) is 9.78 Å². The second-order valence-corrected chi connectivity index (χ2v) is 8.92. The molecule has 2 aromatic carbocycles. The van der Waals surface area contributed by atoms with Crippen molar-refractivity contribution < 1.29 is 0 Å². The minimum absolute atomic E-state index is 0.761. The zero-order valence-electron chi connectivity index (χ0n) is 18.9. The summed E-state index contributed by atoms with van der Waals surface area (Å²) in [6.07, 6.45) is 8.89. The van der Waals surface area contributed by atoms with E-state index in [1.54, 1.807) is 0 Å². The Hall–Kier alpha value is -2.35. The third kappa shape index (κ3) is 4.38. The van der Waals surface area contributed by atoms with E-state index in [1.165, 1.54) is 60.1 Å². The van der Waals surface area contributed by atoms with E-state index < -0.39 is 0 Å². The highest BCUT2D eigenvalue weighted by Crippen LogP contribution is 2.37. The van der Waals surface area contributed by atoms with Gasteiger partial charge in [0.15, 0.2) is 0 Å². The van der Waals surface area contributed by atoms with Gasteiger partial charge in [-0.3, -0.25) is 4.68 Å². The van der Waals surface area contributed by atoms with Crippen LogP contribution in [0.5, 0.6) is 0 Å². The maximum absolute atomic E-state index is 5.23. The first-order valence-electron chi connectivity index (χ1n) is 12.0. The first-order valence-corrected chi connectivity index (χ1v) is 12.0. The van der Waals surface area contributed by atoms with E-state index in [0.29, 0.717) is 0 Å². The Bertz CT molecular complexity index is 946. The van der Waals surface area contributed by atoms with Gasteiger partial charge in [0.1, 0.15) is 5.69 Å². The van der Waals surface area contributed by atoms with E-state index in [9.17, 15) is 0 Å². The van der Waals surface area contributed by atoms with E-state index >= 15 is 0 Å². The predicted octanol–water partition coefficient (Wildman–Crippen LogP) is 7.56. The van der Waals surface area contributed by atoms with Gasteiger partial charge in [-0.15, -0.1) is 0 Å². The second-order valence-electron chi connectivity index (χ2n) is 8.92. The maximum Gasteiger partial charge on any atom is 0.100 e. The van der Waals surface area contributed by atoms with Gasteiger partial charge in [-0.1, -0.05) is 94.6 Å². The molecule has 0 amide bonds. The standard InChI is InChI=1S/C28H36N2/c1-4-21-15-17-23(18-16-21)20-30-26(6-3)27(25-14-10-11-22(5-2)19-25)28(29-30)24-12-8-7-9-13-24/h7-14,19,21,23H,4-6,15-18,20H2,1-3H3. The number of hydrogen-bond donors (Lipinski definition) is 0. The van der Waals surface area contributed by atoms with Crippen LogP contribution in [0.4, 0.5) is 0 Å². The Morgan fingerprint density at radius 2 is 1.50 bits per heavy atom. The summed E-state index contributed by atoms with van der Waals surface area (Å²) in [5, 5.41) is 5.23. The lowest BCUT2D eigenvalue weighted by Crippen LogP contribution is -2.20. The van der Waals surface area contributed by atoms with Gasteiger partial charge in [-0.05, 0) is 48.6 Å². The monoisotopic (exact) mass is 400 g/mol. The third-order valence-electron chi connectivity index (χ3n) is 7.04. The van der Waals surface area contributed by atoms with Crippen LogP contribution < -0.4 is 0 Å². The van der Waals surface area contributed by atoms with Gasteiger partial charge in [-0.25, -0.2) is 0 Å². The van der Waals surface area contributed by atoms with E-state index in [-0.39, 0.29) is 0 Å². The van der Waals surface area contributed by atoms with Gasteiger partial charge >= 0.3 is 0 Å². The Balaban J connectivity index is 1.75. The molecule has 2 heteroatoms. The molecule has 1 aromatic heterocycles. The van der Waals surface area contributed by atoms with Crippen molar-refractivity contribution in [1.29, 1.82) is 0 Å². The fraction of sp³-hybridized carbons (Fsp3) is 0.464. The van der Waals surface area contributed by atoms with Crippen molar-refractivity contribution in [2.45, 2.75) is 72.3 Å². The summed E-state index contributed by atoms with van der Waals surface area (Å²) in [7, 11) is 0. The minimum Gasteiger partial charge on any atom is -0.268 e. The molecule has 158 valence electrons. The molecule has 3 aromatic rings. The van der Waals surface area contributed by atoms with Crippen LogP contribution in [-0.4, -0.2) is 9.78 Å². The van der Waals surface area contributed by atoms with E-state index in [1.807, 2.05) is 0 Å². The molecule has 0 radical (unpaired) electrons. The van der Waals surface area contributed by atoms with Crippen LogP contribution in [0.1, 0.15) is 64.1 Å². The van der Waals surface area contributed by atoms with Crippen LogP contribution in [0.2, 0.25) is 0 Å². The molecule has 0 spiro atoms. The summed E-state index contributed by atoms with van der Waals surface area (Å²) >= 11 is 0. The number of rotatable bonds is 7. The summed E-state index contributed by atoms with van der Waals surface area (Å²) in [5.41, 5.74) is 7.78. The normalized spacial score (nSPS) is 19.2. The molecule has 1 fully saturated rings. The Labute approximate surface area is 182 Å². The summed E-state index contributed by atoms with van der Waals surface area (Å²) < 4.78 is 2.35. The second kappa shape index (κ2) is 9.64. The average molecular weight is 401 g/mol. The SMILES string of the molecule is CCc1cccc(-c2c(-c3ccccc3)nn(CC3CCC(CC)CC3)c2CC)c1.